The van der Waals surface area contributed by atoms with Crippen molar-refractivity contribution < 1.29 is 44.3 Å². The Balaban J connectivity index is 0. The number of rotatable bonds is 2. The zero-order valence-corrected chi connectivity index (χ0v) is 8.41. The third kappa shape index (κ3) is 40.2. The summed E-state index contributed by atoms with van der Waals surface area (Å²) in [5.41, 5.74) is 0. The molecule has 0 saturated carbocycles. The fraction of sp³-hybridized carbons (Fsp3) is 0. The molecule has 0 aromatic heterocycles. The molecule has 14 heteroatoms. The average Bonchev–Trinajstić information content (AvgIpc) is 1.42. The normalized spacial score (nSPS) is 14.4. The van der Waals surface area contributed by atoms with Crippen molar-refractivity contribution in [1.29, 1.82) is 0 Å². The van der Waals surface area contributed by atoms with Crippen LogP contribution in [0, 0.1) is 0 Å². The summed E-state index contributed by atoms with van der Waals surface area (Å²) in [6, 6.07) is 0. The molecule has 0 saturated heterocycles. The Kier molecular flexibility index (Phi) is 6.14. The van der Waals surface area contributed by atoms with Crippen LogP contribution in [0.4, 0.5) is 40.2 Å². The van der Waals surface area contributed by atoms with Gasteiger partial charge in [0.05, 0.1) is 0 Å². The first-order valence-corrected chi connectivity index (χ1v) is 6.48. The summed E-state index contributed by atoms with van der Waals surface area (Å²) in [5, 5.41) is 0. The van der Waals surface area contributed by atoms with Crippen LogP contribution in [0.2, 0.25) is 0 Å². The first kappa shape index (κ1) is 16.5. The van der Waals surface area contributed by atoms with E-state index in [9.17, 15) is 40.2 Å². The smallest absolute Gasteiger partial charge is 0.307 e. The Morgan fingerprint density at radius 2 is 0.786 bits per heavy atom. The zero-order valence-electron chi connectivity index (χ0n) is 5.60. The lowest BCUT2D eigenvalue weighted by Gasteiger charge is -2.02. The van der Waals surface area contributed by atoms with Crippen molar-refractivity contribution in [3.05, 3.63) is 0 Å². The van der Waals surface area contributed by atoms with Crippen molar-refractivity contribution in [2.75, 3.05) is 0 Å². The zero-order chi connectivity index (χ0) is 12.2. The van der Waals surface area contributed by atoms with Crippen LogP contribution in [0.15, 0.2) is 0 Å². The molecule has 0 aliphatic heterocycles. The van der Waals surface area contributed by atoms with Gasteiger partial charge in [-0.3, -0.25) is 0 Å². The molecular formula is F10OSSi2. The second-order valence-corrected chi connectivity index (χ2v) is 4.64. The molecule has 0 atom stereocenters. The van der Waals surface area contributed by atoms with E-state index < -0.39 is 30.2 Å². The minimum Gasteiger partial charge on any atom is -0.307 e. The summed E-state index contributed by atoms with van der Waals surface area (Å²) >= 11 is -6.17. The molecule has 0 amide bonds. The summed E-state index contributed by atoms with van der Waals surface area (Å²) in [6.45, 7) is 0. The van der Waals surface area contributed by atoms with Gasteiger partial charge in [-0.2, -0.15) is 0 Å². The van der Waals surface area contributed by atoms with Gasteiger partial charge in [0.2, 0.25) is 0 Å². The minimum atomic E-state index is -6.86. The number of hydrogen-bond acceptors (Lipinski definition) is 1. The SMILES string of the molecule is FS(F)(F)F.F[Si](F)(F)O[Si](F)(F)F. The predicted octanol–water partition coefficient (Wildman–Crippen LogP) is 4.02. The van der Waals surface area contributed by atoms with Gasteiger partial charge >= 0.3 is 30.2 Å². The molecule has 0 fully saturated rings. The highest BCUT2D eigenvalue weighted by Gasteiger charge is 2.57. The molecule has 0 aromatic rings. The predicted molar refractivity (Wildman–Crippen MR) is 31.3 cm³/mol. The van der Waals surface area contributed by atoms with Crippen molar-refractivity contribution in [2.24, 2.45) is 0 Å². The molecule has 0 spiro atoms. The van der Waals surface area contributed by atoms with Gasteiger partial charge in [0.1, 0.15) is 0 Å². The maximum absolute atomic E-state index is 10.8. The fourth-order valence-corrected chi connectivity index (χ4v) is 1.18. The van der Waals surface area contributed by atoms with E-state index in [2.05, 4.69) is 0 Å². The van der Waals surface area contributed by atoms with Gasteiger partial charge in [0.15, 0.2) is 0 Å². The van der Waals surface area contributed by atoms with E-state index >= 15 is 0 Å². The maximum atomic E-state index is 10.8. The molecule has 0 rings (SSSR count). The molecule has 14 heavy (non-hydrogen) atoms. The highest BCUT2D eigenvalue weighted by molar-refractivity contribution is 8.16. The fourth-order valence-electron chi connectivity index (χ4n) is 0.131. The van der Waals surface area contributed by atoms with Gasteiger partial charge < -0.3 is 4.12 Å². The monoisotopic (exact) mass is 294 g/mol. The van der Waals surface area contributed by atoms with E-state index in [1.165, 1.54) is 0 Å². The molecule has 0 aromatic carbocycles. The van der Waals surface area contributed by atoms with Crippen molar-refractivity contribution in [2.45, 2.75) is 0 Å². The topological polar surface area (TPSA) is 9.23 Å². The molecule has 0 unspecified atom stereocenters. The third-order valence-electron chi connectivity index (χ3n) is 0.231. The largest absolute Gasteiger partial charge is 0.797 e. The molecule has 90 valence electrons. The van der Waals surface area contributed by atoms with Crippen LogP contribution < -0.4 is 0 Å². The second kappa shape index (κ2) is 5.22. The van der Waals surface area contributed by atoms with Crippen LogP contribution in [0.25, 0.3) is 0 Å². The molecule has 0 aliphatic rings. The first-order valence-electron chi connectivity index (χ1n) is 2.16. The Morgan fingerprint density at radius 3 is 0.786 bits per heavy atom. The lowest BCUT2D eigenvalue weighted by atomic mass is 15.8. The summed E-state index contributed by atoms with van der Waals surface area (Å²) in [5.74, 6) is 0. The van der Waals surface area contributed by atoms with Crippen LogP contribution in [-0.2, 0) is 4.12 Å². The Labute approximate surface area is 75.4 Å². The molecule has 0 heterocycles. The molecule has 1 nitrogen and oxygen atoms in total. The Morgan fingerprint density at radius 1 is 0.643 bits per heavy atom. The van der Waals surface area contributed by atoms with E-state index in [1.54, 1.807) is 0 Å². The second-order valence-electron chi connectivity index (χ2n) is 1.34. The Bertz CT molecular complexity index is 133. The van der Waals surface area contributed by atoms with Crippen LogP contribution in [-0.4, -0.2) is 18.6 Å². The maximum Gasteiger partial charge on any atom is 0.797 e. The summed E-state index contributed by atoms with van der Waals surface area (Å²) in [4.78, 5) is 0. The lowest BCUT2D eigenvalue weighted by Crippen LogP contribution is -2.34. The highest BCUT2D eigenvalue weighted by Crippen LogP contribution is 2.54. The number of hydrogen-bond donors (Lipinski definition) is 0. The van der Waals surface area contributed by atoms with E-state index in [0.717, 1.165) is 0 Å². The third-order valence-corrected chi connectivity index (χ3v) is 2.08. The molecule has 0 radical (unpaired) electrons. The van der Waals surface area contributed by atoms with Crippen molar-refractivity contribution in [1.82, 2.24) is 0 Å². The van der Waals surface area contributed by atoms with E-state index in [-0.39, 0.29) is 0 Å². The first-order chi connectivity index (χ1) is 5.71. The molecule has 0 aliphatic carbocycles. The van der Waals surface area contributed by atoms with E-state index in [0.29, 0.717) is 0 Å². The highest BCUT2D eigenvalue weighted by atomic mass is 32.4. The van der Waals surface area contributed by atoms with Gasteiger partial charge in [-0.25, -0.2) is 24.6 Å². The van der Waals surface area contributed by atoms with Crippen LogP contribution in [0.1, 0.15) is 0 Å². The molecule has 0 N–H and O–H groups in total. The van der Waals surface area contributed by atoms with E-state index in [1.807, 2.05) is 4.12 Å². The average molecular weight is 294 g/mol. The van der Waals surface area contributed by atoms with Crippen LogP contribution in [0.3, 0.4) is 0 Å². The van der Waals surface area contributed by atoms with Gasteiger partial charge in [-0.15, -0.1) is 0 Å². The van der Waals surface area contributed by atoms with Crippen LogP contribution >= 0.6 is 11.6 Å². The lowest BCUT2D eigenvalue weighted by molar-refractivity contribution is 0.202. The van der Waals surface area contributed by atoms with Crippen molar-refractivity contribution in [3.8, 4) is 0 Å². The van der Waals surface area contributed by atoms with Crippen molar-refractivity contribution >= 4 is 30.2 Å². The molecular weight excluding hydrogens is 294 g/mol. The quantitative estimate of drug-likeness (QED) is 0.424. The van der Waals surface area contributed by atoms with Crippen molar-refractivity contribution in [3.63, 3.8) is 0 Å². The summed E-state index contributed by atoms with van der Waals surface area (Å²) < 4.78 is 106. The summed E-state index contributed by atoms with van der Waals surface area (Å²) in [6.07, 6.45) is 0. The van der Waals surface area contributed by atoms with Gasteiger partial charge in [0, 0.05) is 0 Å². The van der Waals surface area contributed by atoms with Gasteiger partial charge in [-0.05, 0) is 0 Å². The standard InChI is InChI=1S/F6OSi2.F4S/c1-8(2,3)7-9(4,5)6;1-5(2,3)4. The Hall–Kier alpha value is 0.0438. The van der Waals surface area contributed by atoms with Crippen LogP contribution in [0.5, 0.6) is 0 Å². The number of halogens is 10. The van der Waals surface area contributed by atoms with Gasteiger partial charge in [0.25, 0.3) is 0 Å². The van der Waals surface area contributed by atoms with E-state index in [4.69, 9.17) is 0 Å². The summed E-state index contributed by atoms with van der Waals surface area (Å²) in [7, 11) is -13.7. The minimum absolute atomic E-state index is 1.90. The molecule has 0 bridgehead atoms. The van der Waals surface area contributed by atoms with Gasteiger partial charge in [-0.1, -0.05) is 15.5 Å².